The highest BCUT2D eigenvalue weighted by Crippen LogP contribution is 2.27. The Balaban J connectivity index is 1.55. The van der Waals surface area contributed by atoms with Crippen molar-refractivity contribution in [3.05, 3.63) is 118 Å². The lowest BCUT2D eigenvalue weighted by Crippen LogP contribution is -2.38. The third-order valence-electron chi connectivity index (χ3n) is 5.49. The number of carbonyl (C=O) groups excluding carboxylic acids is 1. The average Bonchev–Trinajstić information content (AvgIpc) is 2.93. The number of halogens is 1. The van der Waals surface area contributed by atoms with Crippen molar-refractivity contribution >= 4 is 64.6 Å². The zero-order valence-electron chi connectivity index (χ0n) is 20.5. The second-order valence-corrected chi connectivity index (χ2v) is 12.7. The van der Waals surface area contributed by atoms with Crippen LogP contribution in [-0.2, 0) is 24.8 Å². The van der Waals surface area contributed by atoms with Crippen LogP contribution >= 0.6 is 15.9 Å². The fourth-order valence-corrected chi connectivity index (χ4v) is 6.33. The van der Waals surface area contributed by atoms with Crippen LogP contribution in [0, 0.1) is 10.1 Å². The highest BCUT2D eigenvalue weighted by Gasteiger charge is 2.28. The molecule has 14 heteroatoms. The van der Waals surface area contributed by atoms with E-state index in [0.717, 1.165) is 14.8 Å². The highest BCUT2D eigenvalue weighted by atomic mass is 79.9. The molecule has 2 N–H and O–H groups in total. The standard InChI is InChI=1S/C26H21BrN4O7S2/c27-19-9-11-21(12-10-19)29-39(35,36)24-15-13-20(14-16-24)28-26(32)18-30(22-5-4-6-23(17-22)31(33)34)40(37,38)25-7-2-1-3-8-25/h1-17,29H,18H2,(H,28,32). The lowest BCUT2D eigenvalue weighted by molar-refractivity contribution is -0.384. The number of hydrogen-bond acceptors (Lipinski definition) is 7. The molecule has 0 spiro atoms. The molecule has 0 aromatic heterocycles. The zero-order chi connectivity index (χ0) is 28.9. The van der Waals surface area contributed by atoms with Gasteiger partial charge in [-0.25, -0.2) is 16.8 Å². The van der Waals surface area contributed by atoms with E-state index in [4.69, 9.17) is 0 Å². The third-order valence-corrected chi connectivity index (χ3v) is 9.21. The molecule has 0 aliphatic rings. The van der Waals surface area contributed by atoms with Crippen LogP contribution in [0.5, 0.6) is 0 Å². The van der Waals surface area contributed by atoms with Crippen LogP contribution in [0.25, 0.3) is 0 Å². The largest absolute Gasteiger partial charge is 0.325 e. The van der Waals surface area contributed by atoms with Gasteiger partial charge in [0, 0.05) is 28.0 Å². The molecule has 0 atom stereocenters. The van der Waals surface area contributed by atoms with Crippen molar-refractivity contribution in [3.8, 4) is 0 Å². The molecular weight excluding hydrogens is 624 g/mol. The summed E-state index contributed by atoms with van der Waals surface area (Å²) in [6.07, 6.45) is 0. The number of nitro groups is 1. The van der Waals surface area contributed by atoms with Gasteiger partial charge in [0.2, 0.25) is 5.91 Å². The maximum atomic E-state index is 13.4. The predicted molar refractivity (Wildman–Crippen MR) is 154 cm³/mol. The number of rotatable bonds is 10. The maximum Gasteiger partial charge on any atom is 0.271 e. The van der Waals surface area contributed by atoms with Crippen molar-refractivity contribution in [1.82, 2.24) is 0 Å². The number of nitro benzene ring substituents is 1. The first-order valence-corrected chi connectivity index (χ1v) is 15.2. The van der Waals surface area contributed by atoms with E-state index >= 15 is 0 Å². The molecular formula is C26H21BrN4O7S2. The Morgan fingerprint density at radius 1 is 0.800 bits per heavy atom. The lowest BCUT2D eigenvalue weighted by atomic mass is 10.3. The number of sulfonamides is 2. The molecule has 206 valence electrons. The number of amides is 1. The summed E-state index contributed by atoms with van der Waals surface area (Å²) in [5, 5.41) is 13.8. The molecule has 1 amide bonds. The van der Waals surface area contributed by atoms with Crippen LogP contribution in [0.2, 0.25) is 0 Å². The highest BCUT2D eigenvalue weighted by molar-refractivity contribution is 9.10. The predicted octanol–water partition coefficient (Wildman–Crippen LogP) is 4.99. The van der Waals surface area contributed by atoms with Crippen LogP contribution in [0.1, 0.15) is 0 Å². The summed E-state index contributed by atoms with van der Waals surface area (Å²) in [5.41, 5.74) is 0.151. The Kier molecular flexibility index (Phi) is 8.52. The minimum Gasteiger partial charge on any atom is -0.325 e. The van der Waals surface area contributed by atoms with Gasteiger partial charge in [-0.3, -0.25) is 23.9 Å². The number of non-ortho nitro benzene ring substituents is 1. The average molecular weight is 646 g/mol. The van der Waals surface area contributed by atoms with E-state index in [2.05, 4.69) is 26.0 Å². The summed E-state index contributed by atoms with van der Waals surface area (Å²) >= 11 is 3.28. The van der Waals surface area contributed by atoms with E-state index in [0.29, 0.717) is 5.69 Å². The normalized spacial score (nSPS) is 11.4. The van der Waals surface area contributed by atoms with Crippen LogP contribution in [-0.4, -0.2) is 34.2 Å². The minimum absolute atomic E-state index is 0.0571. The van der Waals surface area contributed by atoms with E-state index in [1.807, 2.05) is 0 Å². The molecule has 4 aromatic carbocycles. The van der Waals surface area contributed by atoms with Crippen LogP contribution in [0.3, 0.4) is 0 Å². The fraction of sp³-hybridized carbons (Fsp3) is 0.0385. The van der Waals surface area contributed by atoms with E-state index in [9.17, 15) is 31.7 Å². The smallest absolute Gasteiger partial charge is 0.271 e. The quantitative estimate of drug-likeness (QED) is 0.182. The lowest BCUT2D eigenvalue weighted by Gasteiger charge is -2.24. The first kappa shape index (κ1) is 28.7. The molecule has 0 radical (unpaired) electrons. The van der Waals surface area contributed by atoms with Crippen molar-refractivity contribution in [2.45, 2.75) is 9.79 Å². The van der Waals surface area contributed by atoms with Gasteiger partial charge in [0.25, 0.3) is 25.7 Å². The zero-order valence-corrected chi connectivity index (χ0v) is 23.7. The van der Waals surface area contributed by atoms with Crippen molar-refractivity contribution in [2.24, 2.45) is 0 Å². The number of hydrogen-bond donors (Lipinski definition) is 2. The SMILES string of the molecule is O=C(CN(c1cccc([N+](=O)[O-])c1)S(=O)(=O)c1ccccc1)Nc1ccc(S(=O)(=O)Nc2ccc(Br)cc2)cc1. The van der Waals surface area contributed by atoms with E-state index in [-0.39, 0.29) is 26.9 Å². The molecule has 4 rings (SSSR count). The topological polar surface area (TPSA) is 156 Å². The van der Waals surface area contributed by atoms with E-state index < -0.39 is 37.4 Å². The van der Waals surface area contributed by atoms with Gasteiger partial charge >= 0.3 is 0 Å². The van der Waals surface area contributed by atoms with Gasteiger partial charge in [0.15, 0.2) is 0 Å². The number of anilines is 3. The molecule has 0 heterocycles. The molecule has 0 saturated carbocycles. The number of carbonyl (C=O) groups is 1. The van der Waals surface area contributed by atoms with Crippen molar-refractivity contribution in [3.63, 3.8) is 0 Å². The summed E-state index contributed by atoms with van der Waals surface area (Å²) < 4.78 is 56.3. The molecule has 0 aliphatic carbocycles. The minimum atomic E-state index is -4.28. The summed E-state index contributed by atoms with van der Waals surface area (Å²) in [6, 6.07) is 24.1. The molecule has 0 bridgehead atoms. The van der Waals surface area contributed by atoms with Gasteiger partial charge in [-0.1, -0.05) is 40.2 Å². The van der Waals surface area contributed by atoms with Crippen LogP contribution < -0.4 is 14.3 Å². The molecule has 11 nitrogen and oxygen atoms in total. The summed E-state index contributed by atoms with van der Waals surface area (Å²) in [7, 11) is -8.19. The van der Waals surface area contributed by atoms with Gasteiger partial charge < -0.3 is 5.32 Å². The number of benzene rings is 4. The first-order chi connectivity index (χ1) is 19.0. The molecule has 0 unspecified atom stereocenters. The van der Waals surface area contributed by atoms with E-state index in [1.165, 1.54) is 66.7 Å². The molecule has 0 aliphatic heterocycles. The second-order valence-electron chi connectivity index (χ2n) is 8.29. The van der Waals surface area contributed by atoms with Crippen LogP contribution in [0.15, 0.2) is 117 Å². The van der Waals surface area contributed by atoms with Crippen molar-refractivity contribution in [2.75, 3.05) is 20.9 Å². The second kappa shape index (κ2) is 11.9. The summed E-state index contributed by atoms with van der Waals surface area (Å²) in [6.45, 7) is -0.705. The Labute approximate surface area is 238 Å². The molecule has 40 heavy (non-hydrogen) atoms. The maximum absolute atomic E-state index is 13.4. The van der Waals surface area contributed by atoms with E-state index in [1.54, 1.807) is 30.3 Å². The van der Waals surface area contributed by atoms with Gasteiger partial charge in [0.1, 0.15) is 6.54 Å². The first-order valence-electron chi connectivity index (χ1n) is 11.5. The summed E-state index contributed by atoms with van der Waals surface area (Å²) in [4.78, 5) is 23.4. The summed E-state index contributed by atoms with van der Waals surface area (Å²) in [5.74, 6) is -0.755. The van der Waals surface area contributed by atoms with Gasteiger partial charge in [-0.05, 0) is 66.7 Å². The third kappa shape index (κ3) is 6.83. The van der Waals surface area contributed by atoms with Gasteiger partial charge in [-0.2, -0.15) is 0 Å². The Bertz CT molecular complexity index is 1750. The van der Waals surface area contributed by atoms with Gasteiger partial charge in [-0.15, -0.1) is 0 Å². The number of nitrogens with zero attached hydrogens (tertiary/aromatic N) is 2. The Morgan fingerprint density at radius 3 is 2.05 bits per heavy atom. The number of nitrogens with one attached hydrogen (secondary N) is 2. The van der Waals surface area contributed by atoms with Gasteiger partial charge in [0.05, 0.1) is 20.4 Å². The van der Waals surface area contributed by atoms with Crippen molar-refractivity contribution in [1.29, 1.82) is 0 Å². The Morgan fingerprint density at radius 2 is 1.43 bits per heavy atom. The fourth-order valence-electron chi connectivity index (χ4n) is 3.58. The molecule has 0 saturated heterocycles. The monoisotopic (exact) mass is 644 g/mol. The Hall–Kier alpha value is -4.27. The molecule has 4 aromatic rings. The molecule has 0 fully saturated rings. The van der Waals surface area contributed by atoms with Crippen LogP contribution in [0.4, 0.5) is 22.7 Å². The van der Waals surface area contributed by atoms with Crippen molar-refractivity contribution < 1.29 is 26.6 Å².